The lowest BCUT2D eigenvalue weighted by Gasteiger charge is -2.09. The molecule has 2 aromatic heterocycles. The van der Waals surface area contributed by atoms with Crippen molar-refractivity contribution in [3.63, 3.8) is 0 Å². The summed E-state index contributed by atoms with van der Waals surface area (Å²) in [5.41, 5.74) is 6.40. The number of pyridine rings is 1. The van der Waals surface area contributed by atoms with E-state index < -0.39 is 0 Å². The number of aromatic nitrogens is 3. The molecule has 0 aromatic carbocycles. The van der Waals surface area contributed by atoms with Gasteiger partial charge in [-0.3, -0.25) is 0 Å². The van der Waals surface area contributed by atoms with Crippen LogP contribution in [-0.4, -0.2) is 22.1 Å². The molecule has 0 unspecified atom stereocenters. The Morgan fingerprint density at radius 3 is 2.74 bits per heavy atom. The molecule has 2 N–H and O–H groups in total. The molecular weight excluding hydrogens is 307 g/mol. The van der Waals surface area contributed by atoms with E-state index in [0.29, 0.717) is 26.8 Å². The Balaban J connectivity index is 2.39. The zero-order chi connectivity index (χ0) is 14.0. The fourth-order valence-corrected chi connectivity index (χ4v) is 2.58. The van der Waals surface area contributed by atoms with Crippen LogP contribution in [0.15, 0.2) is 22.2 Å². The Morgan fingerprint density at radius 1 is 1.32 bits per heavy atom. The molecule has 0 aliphatic rings. The highest BCUT2D eigenvalue weighted by Gasteiger charge is 2.14. The molecular formula is C11H10Cl2N4OS. The van der Waals surface area contributed by atoms with Crippen LogP contribution in [0.1, 0.15) is 5.69 Å². The van der Waals surface area contributed by atoms with Crippen LogP contribution >= 0.6 is 35.0 Å². The number of ether oxygens (including phenoxy) is 1. The first-order chi connectivity index (χ1) is 9.02. The molecule has 0 bridgehead atoms. The molecule has 0 atom stereocenters. The van der Waals surface area contributed by atoms with E-state index in [-0.39, 0.29) is 5.82 Å². The van der Waals surface area contributed by atoms with Gasteiger partial charge >= 0.3 is 0 Å². The van der Waals surface area contributed by atoms with Gasteiger partial charge < -0.3 is 10.5 Å². The number of nitrogen functional groups attached to an aromatic ring is 1. The van der Waals surface area contributed by atoms with Crippen LogP contribution < -0.4 is 10.5 Å². The lowest BCUT2D eigenvalue weighted by atomic mass is 10.5. The average molecular weight is 317 g/mol. The summed E-state index contributed by atoms with van der Waals surface area (Å²) in [7, 11) is 1.50. The van der Waals surface area contributed by atoms with E-state index in [1.807, 2.05) is 0 Å². The van der Waals surface area contributed by atoms with E-state index in [0.717, 1.165) is 4.90 Å². The van der Waals surface area contributed by atoms with E-state index in [2.05, 4.69) is 15.0 Å². The Kier molecular flexibility index (Phi) is 4.34. The summed E-state index contributed by atoms with van der Waals surface area (Å²) >= 11 is 13.3. The second kappa shape index (κ2) is 5.81. The van der Waals surface area contributed by atoms with E-state index >= 15 is 0 Å². The van der Waals surface area contributed by atoms with Crippen LogP contribution in [0.4, 0.5) is 5.82 Å². The molecule has 100 valence electrons. The molecule has 5 nitrogen and oxygen atoms in total. The number of halogens is 2. The van der Waals surface area contributed by atoms with Crippen molar-refractivity contribution in [1.82, 2.24) is 15.0 Å². The van der Waals surface area contributed by atoms with Gasteiger partial charge in [-0.15, -0.1) is 0 Å². The third-order valence-electron chi connectivity index (χ3n) is 2.23. The molecule has 0 saturated heterocycles. The minimum Gasteiger partial charge on any atom is -0.480 e. The summed E-state index contributed by atoms with van der Waals surface area (Å²) in [5.74, 6) is 0.608. The van der Waals surface area contributed by atoms with Crippen LogP contribution in [0.5, 0.6) is 5.88 Å². The van der Waals surface area contributed by atoms with Gasteiger partial charge in [0, 0.05) is 11.1 Å². The van der Waals surface area contributed by atoms with Crippen molar-refractivity contribution in [3.8, 4) is 5.88 Å². The number of nitrogens with two attached hydrogens (primary N) is 1. The lowest BCUT2D eigenvalue weighted by Crippen LogP contribution is -1.99. The highest BCUT2D eigenvalue weighted by molar-refractivity contribution is 7.99. The maximum absolute atomic E-state index is 6.16. The van der Waals surface area contributed by atoms with Crippen LogP contribution in [0.25, 0.3) is 0 Å². The van der Waals surface area contributed by atoms with E-state index in [4.69, 9.17) is 33.7 Å². The first-order valence-electron chi connectivity index (χ1n) is 5.19. The zero-order valence-corrected chi connectivity index (χ0v) is 12.5. The van der Waals surface area contributed by atoms with Gasteiger partial charge in [0.2, 0.25) is 5.88 Å². The van der Waals surface area contributed by atoms with Crippen LogP contribution in [0.3, 0.4) is 0 Å². The van der Waals surface area contributed by atoms with E-state index in [1.165, 1.54) is 18.9 Å². The molecule has 2 heterocycles. The van der Waals surface area contributed by atoms with Crippen LogP contribution in [0, 0.1) is 6.92 Å². The Labute approximate surface area is 124 Å². The second-order valence-electron chi connectivity index (χ2n) is 3.52. The van der Waals surface area contributed by atoms with Crippen molar-refractivity contribution >= 4 is 40.8 Å². The summed E-state index contributed by atoms with van der Waals surface area (Å²) in [5, 5.41) is 1.24. The molecule has 2 rings (SSSR count). The number of aryl methyl sites for hydroxylation is 1. The molecule has 0 spiro atoms. The average Bonchev–Trinajstić information content (AvgIpc) is 2.38. The summed E-state index contributed by atoms with van der Waals surface area (Å²) in [6.07, 6.45) is 1.60. The van der Waals surface area contributed by atoms with Crippen molar-refractivity contribution in [2.75, 3.05) is 12.8 Å². The standard InChI is InChI=1S/C11H10Cl2N4OS/c1-5-8(13)17-9(14)11(16-5)19-6-3-4-15-10(18-2)7(6)12/h3-4H,1-2H3,(H2,14,17). The first kappa shape index (κ1) is 14.2. The van der Waals surface area contributed by atoms with Crippen molar-refractivity contribution < 1.29 is 4.74 Å². The number of nitrogens with zero attached hydrogens (tertiary/aromatic N) is 3. The minimum absolute atomic E-state index is 0.257. The normalized spacial score (nSPS) is 10.5. The van der Waals surface area contributed by atoms with Gasteiger partial charge in [-0.2, -0.15) is 0 Å². The van der Waals surface area contributed by atoms with Crippen LogP contribution in [0.2, 0.25) is 10.2 Å². The van der Waals surface area contributed by atoms with Gasteiger partial charge in [-0.1, -0.05) is 35.0 Å². The van der Waals surface area contributed by atoms with Gasteiger partial charge in [0.15, 0.2) is 11.0 Å². The number of methoxy groups -OCH3 is 1. The van der Waals surface area contributed by atoms with Gasteiger partial charge in [-0.25, -0.2) is 15.0 Å². The number of anilines is 1. The molecule has 19 heavy (non-hydrogen) atoms. The van der Waals surface area contributed by atoms with E-state index in [9.17, 15) is 0 Å². The largest absolute Gasteiger partial charge is 0.480 e. The predicted molar refractivity (Wildman–Crippen MR) is 76.1 cm³/mol. The predicted octanol–water partition coefficient (Wildman–Crippen LogP) is 3.23. The van der Waals surface area contributed by atoms with Crippen molar-refractivity contribution in [3.05, 3.63) is 28.1 Å². The van der Waals surface area contributed by atoms with Crippen LogP contribution in [-0.2, 0) is 0 Å². The number of hydrogen-bond donors (Lipinski definition) is 1. The second-order valence-corrected chi connectivity index (χ2v) is 5.29. The molecule has 0 radical (unpaired) electrons. The fourth-order valence-electron chi connectivity index (χ4n) is 1.30. The smallest absolute Gasteiger partial charge is 0.233 e. The molecule has 0 saturated carbocycles. The maximum Gasteiger partial charge on any atom is 0.233 e. The Morgan fingerprint density at radius 2 is 2.05 bits per heavy atom. The molecule has 2 aromatic rings. The van der Waals surface area contributed by atoms with Gasteiger partial charge in [0.1, 0.15) is 10.0 Å². The quantitative estimate of drug-likeness (QED) is 0.937. The number of rotatable bonds is 3. The topological polar surface area (TPSA) is 73.9 Å². The summed E-state index contributed by atoms with van der Waals surface area (Å²) in [6.45, 7) is 1.76. The van der Waals surface area contributed by atoms with Gasteiger partial charge in [0.05, 0.1) is 12.8 Å². The molecule has 8 heteroatoms. The molecule has 0 aliphatic carbocycles. The van der Waals surface area contributed by atoms with Gasteiger partial charge in [0.25, 0.3) is 0 Å². The first-order valence-corrected chi connectivity index (χ1v) is 6.76. The third kappa shape index (κ3) is 3.02. The van der Waals surface area contributed by atoms with E-state index in [1.54, 1.807) is 19.2 Å². The monoisotopic (exact) mass is 316 g/mol. The fraction of sp³-hybridized carbons (Fsp3) is 0.182. The number of hydrogen-bond acceptors (Lipinski definition) is 6. The summed E-state index contributed by atoms with van der Waals surface area (Å²) in [4.78, 5) is 13.0. The summed E-state index contributed by atoms with van der Waals surface area (Å²) in [6, 6.07) is 1.75. The van der Waals surface area contributed by atoms with Crippen molar-refractivity contribution in [1.29, 1.82) is 0 Å². The molecule has 0 fully saturated rings. The summed E-state index contributed by atoms with van der Waals surface area (Å²) < 4.78 is 5.05. The maximum atomic E-state index is 6.16. The zero-order valence-electron chi connectivity index (χ0n) is 10.1. The van der Waals surface area contributed by atoms with Crippen molar-refractivity contribution in [2.24, 2.45) is 0 Å². The Bertz CT molecular complexity index is 624. The minimum atomic E-state index is 0.257. The lowest BCUT2D eigenvalue weighted by molar-refractivity contribution is 0.397. The highest BCUT2D eigenvalue weighted by atomic mass is 35.5. The molecule has 0 aliphatic heterocycles. The Hall–Kier alpha value is -1.24. The highest BCUT2D eigenvalue weighted by Crippen LogP contribution is 2.38. The third-order valence-corrected chi connectivity index (χ3v) is 4.12. The molecule has 0 amide bonds. The van der Waals surface area contributed by atoms with Crippen molar-refractivity contribution in [2.45, 2.75) is 16.8 Å². The SMILES string of the molecule is COc1nccc(Sc2nc(C)c(Cl)nc2N)c1Cl. The van der Waals surface area contributed by atoms with Gasteiger partial charge in [-0.05, 0) is 13.0 Å².